The third-order valence-electron chi connectivity index (χ3n) is 15.3. The van der Waals surface area contributed by atoms with Gasteiger partial charge in [-0.2, -0.15) is 0 Å². The molecule has 8 rings (SSSR count). The van der Waals surface area contributed by atoms with Crippen LogP contribution in [0.3, 0.4) is 0 Å². The van der Waals surface area contributed by atoms with E-state index >= 15 is 0 Å². The van der Waals surface area contributed by atoms with Crippen LogP contribution in [0.4, 0.5) is 0 Å². The summed E-state index contributed by atoms with van der Waals surface area (Å²) in [5.41, 5.74) is 1.87. The summed E-state index contributed by atoms with van der Waals surface area (Å²) in [7, 11) is -8.00. The molecule has 6 aromatic rings. The Bertz CT molecular complexity index is 2610. The second-order valence-corrected chi connectivity index (χ2v) is 31.5. The van der Waals surface area contributed by atoms with Gasteiger partial charge >= 0.3 is 11.9 Å². The number of aliphatic hydroxyl groups is 2. The molecule has 0 spiro atoms. The van der Waals surface area contributed by atoms with Crippen LogP contribution in [0.15, 0.2) is 158 Å². The summed E-state index contributed by atoms with van der Waals surface area (Å²) in [6, 6.07) is 50.8. The summed E-state index contributed by atoms with van der Waals surface area (Å²) < 4.78 is 36.6. The van der Waals surface area contributed by atoms with Crippen LogP contribution < -0.4 is 30.2 Å². The van der Waals surface area contributed by atoms with Crippen molar-refractivity contribution in [2.75, 3.05) is 0 Å². The van der Waals surface area contributed by atoms with E-state index in [0.29, 0.717) is 33.8 Å². The van der Waals surface area contributed by atoms with Crippen LogP contribution in [0.1, 0.15) is 164 Å². The molecule has 9 nitrogen and oxygen atoms in total. The number of esters is 2. The van der Waals surface area contributed by atoms with Gasteiger partial charge in [-0.25, -0.2) is 9.59 Å². The number of hydrogen-bond donors (Lipinski definition) is 2. The van der Waals surface area contributed by atoms with Gasteiger partial charge in [-0.05, 0) is 132 Å². The number of benzene rings is 6. The fraction of sp³-hybridized carbons (Fsp3) is 0.406. The minimum Gasteiger partial charge on any atom is -0.490 e. The SMILES string of the molecule is CC(O)C(OC(=O)c1ccccc1)c1c(OC2CCCCC2)cccc1[Si](O[Si](c1ccccc1)(c1cccc(OC2CCCCC2)c1C(OC(=O)c1ccccc1)C(C)O)C(C)(C)C)(c1ccccc1)C(C)(C)C. The molecule has 6 unspecified atom stereocenters. The van der Waals surface area contributed by atoms with Crippen molar-refractivity contribution < 1.29 is 42.9 Å². The molecule has 0 saturated heterocycles. The van der Waals surface area contributed by atoms with Gasteiger partial charge in [0.15, 0.2) is 12.2 Å². The largest absolute Gasteiger partial charge is 0.490 e. The van der Waals surface area contributed by atoms with Gasteiger partial charge < -0.3 is 33.3 Å². The molecule has 0 radical (unpaired) electrons. The zero-order valence-electron chi connectivity index (χ0n) is 45.3. The van der Waals surface area contributed by atoms with Crippen molar-refractivity contribution in [1.29, 1.82) is 0 Å². The summed E-state index contributed by atoms with van der Waals surface area (Å²) in [4.78, 5) is 28.9. The first-order chi connectivity index (χ1) is 36.0. The van der Waals surface area contributed by atoms with Gasteiger partial charge in [0.1, 0.15) is 11.5 Å². The molecule has 396 valence electrons. The number of carbonyl (C=O) groups excluding carboxylic acids is 2. The van der Waals surface area contributed by atoms with Crippen molar-refractivity contribution in [2.45, 2.75) is 166 Å². The maximum Gasteiger partial charge on any atom is 0.338 e. The van der Waals surface area contributed by atoms with Gasteiger partial charge in [0, 0.05) is 11.1 Å². The molecule has 2 N–H and O–H groups in total. The second kappa shape index (κ2) is 24.0. The van der Waals surface area contributed by atoms with E-state index in [2.05, 4.69) is 102 Å². The van der Waals surface area contributed by atoms with Crippen LogP contribution >= 0.6 is 0 Å². The minimum absolute atomic E-state index is 0.0894. The van der Waals surface area contributed by atoms with E-state index in [1.807, 2.05) is 48.5 Å². The highest BCUT2D eigenvalue weighted by molar-refractivity contribution is 7.11. The third kappa shape index (κ3) is 11.9. The van der Waals surface area contributed by atoms with Crippen LogP contribution in [0.5, 0.6) is 11.5 Å². The quantitative estimate of drug-likeness (QED) is 0.0640. The number of hydrogen-bond acceptors (Lipinski definition) is 9. The highest BCUT2D eigenvalue weighted by atomic mass is 28.4. The lowest BCUT2D eigenvalue weighted by Crippen LogP contribution is -2.79. The summed E-state index contributed by atoms with van der Waals surface area (Å²) in [6.07, 6.45) is 5.00. The fourth-order valence-corrected chi connectivity index (χ4v) is 25.0. The molecule has 6 atom stereocenters. The summed E-state index contributed by atoms with van der Waals surface area (Å²) in [5.74, 6) is -0.0555. The van der Waals surface area contributed by atoms with Crippen molar-refractivity contribution in [3.05, 3.63) is 180 Å². The Balaban J connectivity index is 1.49. The topological polar surface area (TPSA) is 121 Å². The zero-order chi connectivity index (χ0) is 53.4. The average molecular weight is 1050 g/mol. The predicted octanol–water partition coefficient (Wildman–Crippen LogP) is 12.1. The lowest BCUT2D eigenvalue weighted by Gasteiger charge is -2.54. The molecule has 0 aliphatic heterocycles. The summed E-state index contributed by atoms with van der Waals surface area (Å²) in [6.45, 7) is 16.7. The van der Waals surface area contributed by atoms with Gasteiger partial charge in [-0.1, -0.05) is 176 Å². The Morgan fingerprint density at radius 3 is 1.08 bits per heavy atom. The standard InChI is InChI=1S/C64H78O9Si2/c1-45(65)59(71-61(67)47-29-15-9-16-30-47)57-53(69-49-33-19-11-20-34-49)41-27-43-55(57)74(63(3,4)5,51-37-23-13-24-38-51)73-75(64(6,7)8,52-39-25-14-26-40-52)56-44-28-42-54(70-50-35-21-12-22-36-50)58(56)60(46(2)66)72-62(68)48-31-17-10-18-32-48/h9-10,13-18,23-32,37-46,49-50,59-60,65-66H,11-12,19-22,33-36H2,1-8H3. The highest BCUT2D eigenvalue weighted by Crippen LogP contribution is 2.48. The Hall–Kier alpha value is -5.83. The molecule has 0 aromatic heterocycles. The van der Waals surface area contributed by atoms with Crippen molar-refractivity contribution in [3.63, 3.8) is 0 Å². The lowest BCUT2D eigenvalue weighted by atomic mass is 9.97. The Kier molecular flexibility index (Phi) is 17.7. The van der Waals surface area contributed by atoms with Gasteiger partial charge in [-0.15, -0.1) is 0 Å². The van der Waals surface area contributed by atoms with Crippen molar-refractivity contribution >= 4 is 49.3 Å². The Morgan fingerprint density at radius 1 is 0.453 bits per heavy atom. The number of ether oxygens (including phenoxy) is 4. The summed E-state index contributed by atoms with van der Waals surface area (Å²) >= 11 is 0. The first kappa shape index (κ1) is 55.4. The van der Waals surface area contributed by atoms with Gasteiger partial charge in [0.25, 0.3) is 16.6 Å². The zero-order valence-corrected chi connectivity index (χ0v) is 47.3. The van der Waals surface area contributed by atoms with Crippen molar-refractivity contribution in [2.24, 2.45) is 0 Å². The molecule has 75 heavy (non-hydrogen) atoms. The molecular weight excluding hydrogens is 969 g/mol. The molecule has 0 amide bonds. The lowest BCUT2D eigenvalue weighted by molar-refractivity contribution is -0.0148. The Morgan fingerprint density at radius 2 is 0.773 bits per heavy atom. The number of aliphatic hydroxyl groups excluding tert-OH is 2. The monoisotopic (exact) mass is 1050 g/mol. The van der Waals surface area contributed by atoms with E-state index in [1.54, 1.807) is 62.4 Å². The van der Waals surface area contributed by atoms with Crippen molar-refractivity contribution in [3.8, 4) is 11.5 Å². The fourth-order valence-electron chi connectivity index (χ4n) is 11.6. The van der Waals surface area contributed by atoms with E-state index < -0.39 is 63.1 Å². The van der Waals surface area contributed by atoms with E-state index in [1.165, 1.54) is 0 Å². The smallest absolute Gasteiger partial charge is 0.338 e. The van der Waals surface area contributed by atoms with Crippen LogP contribution in [-0.4, -0.2) is 63.2 Å². The molecule has 6 aromatic carbocycles. The maximum atomic E-state index is 14.4. The van der Waals surface area contributed by atoms with Crippen molar-refractivity contribution in [1.82, 2.24) is 0 Å². The average Bonchev–Trinajstić information content (AvgIpc) is 3.45. The molecule has 2 saturated carbocycles. The minimum atomic E-state index is -4.00. The molecule has 0 bridgehead atoms. The van der Waals surface area contributed by atoms with E-state index in [-0.39, 0.29) is 12.2 Å². The van der Waals surface area contributed by atoms with Crippen LogP contribution in [0.25, 0.3) is 0 Å². The van der Waals surface area contributed by atoms with E-state index in [9.17, 15) is 19.8 Å². The Labute approximate surface area is 447 Å². The summed E-state index contributed by atoms with van der Waals surface area (Å²) in [5, 5.41) is 26.6. The highest BCUT2D eigenvalue weighted by Gasteiger charge is 2.62. The van der Waals surface area contributed by atoms with Gasteiger partial charge in [-0.3, -0.25) is 0 Å². The van der Waals surface area contributed by atoms with Crippen LogP contribution in [0, 0.1) is 0 Å². The van der Waals surface area contributed by atoms with E-state index in [4.69, 9.17) is 23.1 Å². The molecule has 0 heterocycles. The van der Waals surface area contributed by atoms with Crippen LogP contribution in [0.2, 0.25) is 10.1 Å². The second-order valence-electron chi connectivity index (χ2n) is 22.8. The van der Waals surface area contributed by atoms with E-state index in [0.717, 1.165) is 85.0 Å². The van der Waals surface area contributed by atoms with Gasteiger partial charge in [0.05, 0.1) is 35.5 Å². The number of rotatable bonds is 18. The molecule has 2 fully saturated rings. The maximum absolute atomic E-state index is 14.4. The molecular formula is C64H78O9Si2. The van der Waals surface area contributed by atoms with Gasteiger partial charge in [0.2, 0.25) is 0 Å². The molecule has 11 heteroatoms. The van der Waals surface area contributed by atoms with Crippen LogP contribution in [-0.2, 0) is 13.6 Å². The first-order valence-corrected chi connectivity index (χ1v) is 31.1. The normalized spacial score (nSPS) is 18.1. The molecule has 2 aliphatic rings. The predicted molar refractivity (Wildman–Crippen MR) is 304 cm³/mol. The number of carbonyl (C=O) groups is 2. The third-order valence-corrected chi connectivity index (χ3v) is 26.7. The molecule has 2 aliphatic carbocycles. The first-order valence-electron chi connectivity index (χ1n) is 27.3.